The first-order valence-corrected chi connectivity index (χ1v) is 9.19. The van der Waals surface area contributed by atoms with Crippen LogP contribution in [0.2, 0.25) is 0 Å². The summed E-state index contributed by atoms with van der Waals surface area (Å²) in [6.45, 7) is 6.91. The van der Waals surface area contributed by atoms with Crippen molar-refractivity contribution in [3.05, 3.63) is 22.2 Å². The molecule has 1 aromatic carbocycles. The van der Waals surface area contributed by atoms with E-state index in [2.05, 4.69) is 36.7 Å². The molecule has 0 unspecified atom stereocenters. The summed E-state index contributed by atoms with van der Waals surface area (Å²) >= 11 is 7.17. The Morgan fingerprint density at radius 2 is 1.84 bits per heavy atom. The van der Waals surface area contributed by atoms with Gasteiger partial charge in [-0.3, -0.25) is 0 Å². The van der Waals surface area contributed by atoms with Crippen LogP contribution in [0.5, 0.6) is 5.75 Å². The van der Waals surface area contributed by atoms with Crippen LogP contribution in [0, 0.1) is 11.3 Å². The number of hydrogen-bond acceptors (Lipinski definition) is 4. The summed E-state index contributed by atoms with van der Waals surface area (Å²) in [6, 6.07) is 3.59. The van der Waals surface area contributed by atoms with Gasteiger partial charge in [0.1, 0.15) is 5.75 Å². The van der Waals surface area contributed by atoms with E-state index in [9.17, 15) is 5.11 Å². The van der Waals surface area contributed by atoms with Crippen molar-refractivity contribution in [3.63, 3.8) is 0 Å². The van der Waals surface area contributed by atoms with Crippen LogP contribution in [0.15, 0.2) is 16.6 Å². The molecule has 0 atom stereocenters. The van der Waals surface area contributed by atoms with Crippen molar-refractivity contribution < 1.29 is 5.11 Å². The van der Waals surface area contributed by atoms with Gasteiger partial charge in [0.15, 0.2) is 0 Å². The molecule has 1 fully saturated rings. The maximum atomic E-state index is 9.82. The molecule has 1 aliphatic heterocycles. The second-order valence-electron chi connectivity index (χ2n) is 5.99. The minimum absolute atomic E-state index is 0.267. The van der Waals surface area contributed by atoms with Gasteiger partial charge in [0, 0.05) is 11.3 Å². The fraction of sp³-hybridized carbons (Fsp3) is 0.571. The van der Waals surface area contributed by atoms with Crippen LogP contribution in [-0.2, 0) is 0 Å². The van der Waals surface area contributed by atoms with Gasteiger partial charge < -0.3 is 10.8 Å². The van der Waals surface area contributed by atoms with Gasteiger partial charge in [-0.2, -0.15) is 0 Å². The number of benzene rings is 1. The Kier molecular flexibility index (Phi) is 4.68. The van der Waals surface area contributed by atoms with Crippen LogP contribution >= 0.6 is 39.5 Å². The molecule has 0 amide bonds. The molecule has 0 aliphatic carbocycles. The van der Waals surface area contributed by atoms with Gasteiger partial charge in [-0.15, -0.1) is 23.5 Å². The zero-order valence-electron chi connectivity index (χ0n) is 11.4. The minimum Gasteiger partial charge on any atom is -0.507 e. The van der Waals surface area contributed by atoms with Crippen molar-refractivity contribution in [2.75, 3.05) is 17.2 Å². The number of thioether (sulfide) groups is 2. The fourth-order valence-corrected chi connectivity index (χ4v) is 6.16. The summed E-state index contributed by atoms with van der Waals surface area (Å²) in [5.74, 6) is 3.29. The molecule has 2 rings (SSSR count). The average Bonchev–Trinajstić information content (AvgIpc) is 2.33. The zero-order chi connectivity index (χ0) is 14.2. The smallest absolute Gasteiger partial charge is 0.130 e. The third-order valence-electron chi connectivity index (χ3n) is 3.53. The van der Waals surface area contributed by atoms with Crippen LogP contribution < -0.4 is 5.73 Å². The Morgan fingerprint density at radius 3 is 2.37 bits per heavy atom. The Morgan fingerprint density at radius 1 is 1.26 bits per heavy atom. The van der Waals surface area contributed by atoms with Gasteiger partial charge in [-0.05, 0) is 50.9 Å². The van der Waals surface area contributed by atoms with Gasteiger partial charge in [0.25, 0.3) is 0 Å². The molecule has 0 aromatic heterocycles. The molecular weight excluding hydrogens is 342 g/mol. The highest BCUT2D eigenvalue weighted by molar-refractivity contribution is 9.10. The molecule has 1 saturated heterocycles. The van der Waals surface area contributed by atoms with Crippen molar-refractivity contribution in [3.8, 4) is 5.75 Å². The molecule has 106 valence electrons. The highest BCUT2D eigenvalue weighted by Crippen LogP contribution is 2.51. The van der Waals surface area contributed by atoms with Crippen LogP contribution in [-0.4, -0.2) is 16.6 Å². The lowest BCUT2D eigenvalue weighted by molar-refractivity contribution is 0.292. The predicted molar refractivity (Wildman–Crippen MR) is 90.8 cm³/mol. The van der Waals surface area contributed by atoms with Gasteiger partial charge in [-0.1, -0.05) is 20.8 Å². The van der Waals surface area contributed by atoms with E-state index in [1.54, 1.807) is 12.1 Å². The van der Waals surface area contributed by atoms with E-state index in [1.165, 1.54) is 0 Å². The molecule has 5 heteroatoms. The average molecular weight is 362 g/mol. The first-order chi connectivity index (χ1) is 8.79. The summed E-state index contributed by atoms with van der Waals surface area (Å²) in [7, 11) is 0. The van der Waals surface area contributed by atoms with Gasteiger partial charge in [0.05, 0.1) is 9.05 Å². The maximum Gasteiger partial charge on any atom is 0.130 e. The van der Waals surface area contributed by atoms with E-state index in [0.29, 0.717) is 14.5 Å². The van der Waals surface area contributed by atoms with Crippen molar-refractivity contribution in [1.29, 1.82) is 0 Å². The molecule has 0 spiro atoms. The van der Waals surface area contributed by atoms with Gasteiger partial charge in [0.2, 0.25) is 0 Å². The molecule has 0 bridgehead atoms. The normalized spacial score (nSPS) is 24.4. The first kappa shape index (κ1) is 15.4. The van der Waals surface area contributed by atoms with Crippen LogP contribution in [0.3, 0.4) is 0 Å². The summed E-state index contributed by atoms with van der Waals surface area (Å²) in [5.41, 5.74) is 8.23. The lowest BCUT2D eigenvalue weighted by Crippen LogP contribution is -2.28. The molecule has 1 aliphatic rings. The van der Waals surface area contributed by atoms with Crippen molar-refractivity contribution >= 4 is 45.1 Å². The zero-order valence-corrected chi connectivity index (χ0v) is 14.7. The summed E-state index contributed by atoms with van der Waals surface area (Å²) < 4.78 is 0.990. The van der Waals surface area contributed by atoms with Gasteiger partial charge >= 0.3 is 0 Å². The Bertz CT molecular complexity index is 465. The van der Waals surface area contributed by atoms with E-state index in [-0.39, 0.29) is 5.75 Å². The number of phenolic OH excluding ortho intramolecular Hbond substituents is 1. The predicted octanol–water partition coefficient (Wildman–Crippen LogP) is 4.88. The second-order valence-corrected chi connectivity index (χ2v) is 9.42. The Balaban J connectivity index is 2.12. The molecular formula is C14H20BrNOS2. The summed E-state index contributed by atoms with van der Waals surface area (Å²) in [5, 5.41) is 9.82. The Labute approximate surface area is 132 Å². The molecule has 3 N–H and O–H groups in total. The fourth-order valence-electron chi connectivity index (χ4n) is 1.98. The molecule has 19 heavy (non-hydrogen) atoms. The van der Waals surface area contributed by atoms with Crippen molar-refractivity contribution in [1.82, 2.24) is 0 Å². The number of phenols is 1. The quantitative estimate of drug-likeness (QED) is 0.552. The van der Waals surface area contributed by atoms with Crippen LogP contribution in [0.25, 0.3) is 0 Å². The van der Waals surface area contributed by atoms with Gasteiger partial charge in [-0.25, -0.2) is 0 Å². The van der Waals surface area contributed by atoms with E-state index in [4.69, 9.17) is 5.73 Å². The molecule has 0 radical (unpaired) electrons. The molecule has 1 heterocycles. The largest absolute Gasteiger partial charge is 0.507 e. The molecule has 2 nitrogen and oxygen atoms in total. The summed E-state index contributed by atoms with van der Waals surface area (Å²) in [4.78, 5) is 0. The van der Waals surface area contributed by atoms with Crippen LogP contribution in [0.1, 0.15) is 30.9 Å². The molecule has 1 aromatic rings. The van der Waals surface area contributed by atoms with E-state index in [0.717, 1.165) is 28.7 Å². The van der Waals surface area contributed by atoms with Crippen molar-refractivity contribution in [2.45, 2.75) is 25.4 Å². The highest BCUT2D eigenvalue weighted by Gasteiger charge is 2.32. The number of nitrogen functional groups attached to an aromatic ring is 1. The minimum atomic E-state index is 0.267. The SMILES string of the molecule is CC(C)(C)C1CSC(c2cc(O)c(Br)cc2N)SC1. The number of rotatable bonds is 1. The van der Waals surface area contributed by atoms with Crippen molar-refractivity contribution in [2.24, 2.45) is 11.3 Å². The number of nitrogens with two attached hydrogens (primary N) is 1. The van der Waals surface area contributed by atoms with E-state index < -0.39 is 0 Å². The number of halogens is 1. The lowest BCUT2D eigenvalue weighted by Gasteiger charge is -2.36. The molecule has 0 saturated carbocycles. The summed E-state index contributed by atoms with van der Waals surface area (Å²) in [6.07, 6.45) is 0. The highest BCUT2D eigenvalue weighted by atomic mass is 79.9. The maximum absolute atomic E-state index is 9.82. The number of anilines is 1. The van der Waals surface area contributed by atoms with Crippen LogP contribution in [0.4, 0.5) is 5.69 Å². The third kappa shape index (κ3) is 3.56. The monoisotopic (exact) mass is 361 g/mol. The topological polar surface area (TPSA) is 46.2 Å². The lowest BCUT2D eigenvalue weighted by atomic mass is 9.83. The Hall–Kier alpha value is -0.000000000000000111. The second kappa shape index (κ2) is 5.78. The number of aromatic hydroxyl groups is 1. The third-order valence-corrected chi connectivity index (χ3v) is 7.28. The van der Waals surface area contributed by atoms with E-state index in [1.807, 2.05) is 23.5 Å². The first-order valence-electron chi connectivity index (χ1n) is 6.30. The standard InChI is InChI=1S/C14H20BrNOS2/c1-14(2,3)8-6-18-13(19-7-8)9-4-12(17)10(15)5-11(9)16/h4-5,8,13,17H,6-7,16H2,1-3H3. The van der Waals surface area contributed by atoms with E-state index >= 15 is 0 Å². The number of hydrogen-bond donors (Lipinski definition) is 2.